The molecule has 1 heterocycles. The molecule has 1 aromatic heterocycles. The molecule has 1 unspecified atom stereocenters. The predicted molar refractivity (Wildman–Crippen MR) is 71.0 cm³/mol. The van der Waals surface area contributed by atoms with Crippen molar-refractivity contribution in [1.82, 2.24) is 14.8 Å². The number of thiol groups is 1. The lowest BCUT2D eigenvalue weighted by atomic mass is 9.98. The molecule has 0 saturated carbocycles. The monoisotopic (exact) mass is 241 g/mol. The van der Waals surface area contributed by atoms with Crippen LogP contribution in [-0.2, 0) is 19.4 Å². The van der Waals surface area contributed by atoms with Crippen LogP contribution in [0.1, 0.15) is 39.3 Å². The van der Waals surface area contributed by atoms with E-state index in [1.165, 1.54) is 0 Å². The molecule has 0 N–H and O–H groups in total. The van der Waals surface area contributed by atoms with E-state index >= 15 is 0 Å². The fourth-order valence-corrected chi connectivity index (χ4v) is 2.22. The van der Waals surface area contributed by atoms with Crippen LogP contribution < -0.4 is 0 Å². The van der Waals surface area contributed by atoms with E-state index in [4.69, 9.17) is 0 Å². The molecule has 0 aliphatic heterocycles. The number of aryl methyl sites for hydroxylation is 2. The first-order valence-corrected chi connectivity index (χ1v) is 6.79. The summed E-state index contributed by atoms with van der Waals surface area (Å²) in [6.07, 6.45) is 1.86. The Kier molecular flexibility index (Phi) is 5.32. The van der Waals surface area contributed by atoms with Gasteiger partial charge in [0.2, 0.25) is 0 Å². The molecule has 1 rings (SSSR count). The van der Waals surface area contributed by atoms with E-state index in [0.717, 1.165) is 36.8 Å². The van der Waals surface area contributed by atoms with Crippen LogP contribution in [0.2, 0.25) is 0 Å². The molecule has 0 fully saturated rings. The van der Waals surface area contributed by atoms with Gasteiger partial charge in [0, 0.05) is 19.4 Å². The Morgan fingerprint density at radius 3 is 2.38 bits per heavy atom. The summed E-state index contributed by atoms with van der Waals surface area (Å²) >= 11 is 4.42. The molecule has 1 atom stereocenters. The SMILES string of the molecule is CCc1nc(CC)n(CC(CS)C(C)C)n1. The molecule has 1 aromatic rings. The zero-order chi connectivity index (χ0) is 12.1. The van der Waals surface area contributed by atoms with E-state index in [-0.39, 0.29) is 0 Å². The van der Waals surface area contributed by atoms with Gasteiger partial charge in [0.1, 0.15) is 5.82 Å². The van der Waals surface area contributed by atoms with Crippen molar-refractivity contribution in [1.29, 1.82) is 0 Å². The average Bonchev–Trinajstić information content (AvgIpc) is 2.67. The third-order valence-corrected chi connectivity index (χ3v) is 3.48. The number of rotatable bonds is 6. The van der Waals surface area contributed by atoms with Crippen molar-refractivity contribution >= 4 is 12.6 Å². The van der Waals surface area contributed by atoms with Crippen molar-refractivity contribution in [3.05, 3.63) is 11.6 Å². The minimum atomic E-state index is 0.569. The van der Waals surface area contributed by atoms with E-state index in [1.807, 2.05) is 0 Å². The topological polar surface area (TPSA) is 30.7 Å². The van der Waals surface area contributed by atoms with Crippen LogP contribution in [-0.4, -0.2) is 20.5 Å². The van der Waals surface area contributed by atoms with E-state index in [9.17, 15) is 0 Å². The quantitative estimate of drug-likeness (QED) is 0.776. The molecule has 0 radical (unpaired) electrons. The lowest BCUT2D eigenvalue weighted by Crippen LogP contribution is -2.20. The second kappa shape index (κ2) is 6.28. The van der Waals surface area contributed by atoms with Gasteiger partial charge in [0.05, 0.1) is 0 Å². The third kappa shape index (κ3) is 3.24. The Hall–Kier alpha value is -0.510. The number of nitrogens with zero attached hydrogens (tertiary/aromatic N) is 3. The summed E-state index contributed by atoms with van der Waals surface area (Å²) in [4.78, 5) is 4.52. The second-order valence-corrected chi connectivity index (χ2v) is 4.89. The molecule has 3 nitrogen and oxygen atoms in total. The summed E-state index contributed by atoms with van der Waals surface area (Å²) in [5.41, 5.74) is 0. The van der Waals surface area contributed by atoms with Crippen LogP contribution in [0.3, 0.4) is 0 Å². The fourth-order valence-electron chi connectivity index (χ4n) is 1.69. The van der Waals surface area contributed by atoms with Crippen molar-refractivity contribution in [3.63, 3.8) is 0 Å². The smallest absolute Gasteiger partial charge is 0.150 e. The van der Waals surface area contributed by atoms with E-state index < -0.39 is 0 Å². The maximum absolute atomic E-state index is 4.54. The van der Waals surface area contributed by atoms with Gasteiger partial charge in [0.15, 0.2) is 5.82 Å². The first kappa shape index (κ1) is 13.6. The highest BCUT2D eigenvalue weighted by Gasteiger charge is 2.15. The zero-order valence-corrected chi connectivity index (χ0v) is 11.7. The minimum absolute atomic E-state index is 0.569. The number of aromatic nitrogens is 3. The first-order chi connectivity index (χ1) is 7.62. The lowest BCUT2D eigenvalue weighted by Gasteiger charge is -2.18. The number of hydrogen-bond donors (Lipinski definition) is 1. The molecular formula is C12H23N3S. The van der Waals surface area contributed by atoms with E-state index in [0.29, 0.717) is 11.8 Å². The van der Waals surface area contributed by atoms with Gasteiger partial charge in [-0.25, -0.2) is 9.67 Å². The van der Waals surface area contributed by atoms with Crippen LogP contribution in [0.4, 0.5) is 0 Å². The summed E-state index contributed by atoms with van der Waals surface area (Å²) in [7, 11) is 0. The maximum Gasteiger partial charge on any atom is 0.150 e. The molecule has 0 aliphatic rings. The minimum Gasteiger partial charge on any atom is -0.250 e. The van der Waals surface area contributed by atoms with Crippen molar-refractivity contribution in [3.8, 4) is 0 Å². The molecule has 0 spiro atoms. The molecule has 0 aliphatic carbocycles. The first-order valence-electron chi connectivity index (χ1n) is 6.15. The largest absolute Gasteiger partial charge is 0.250 e. The lowest BCUT2D eigenvalue weighted by molar-refractivity contribution is 0.349. The molecule has 0 bridgehead atoms. The summed E-state index contributed by atoms with van der Waals surface area (Å²) < 4.78 is 2.07. The van der Waals surface area contributed by atoms with Crippen molar-refractivity contribution in [2.24, 2.45) is 11.8 Å². The normalized spacial score (nSPS) is 13.4. The van der Waals surface area contributed by atoms with Crippen LogP contribution in [0, 0.1) is 11.8 Å². The molecule has 0 aromatic carbocycles. The van der Waals surface area contributed by atoms with Gasteiger partial charge in [-0.1, -0.05) is 27.7 Å². The zero-order valence-electron chi connectivity index (χ0n) is 10.8. The molecule has 0 saturated heterocycles. The Bertz CT molecular complexity index is 320. The van der Waals surface area contributed by atoms with Crippen LogP contribution in [0.5, 0.6) is 0 Å². The van der Waals surface area contributed by atoms with Gasteiger partial charge in [-0.2, -0.15) is 17.7 Å². The number of hydrogen-bond acceptors (Lipinski definition) is 3. The highest BCUT2D eigenvalue weighted by Crippen LogP contribution is 2.16. The van der Waals surface area contributed by atoms with Crippen LogP contribution >= 0.6 is 12.6 Å². The predicted octanol–water partition coefficient (Wildman–Crippen LogP) is 2.60. The molecule has 0 amide bonds. The average molecular weight is 241 g/mol. The maximum atomic E-state index is 4.54. The van der Waals surface area contributed by atoms with Gasteiger partial charge < -0.3 is 0 Å². The standard InChI is InChI=1S/C12H23N3S/c1-5-11-13-12(6-2)15(14-11)7-10(8-16)9(3)4/h9-10,16H,5-8H2,1-4H3. The van der Waals surface area contributed by atoms with Gasteiger partial charge in [-0.3, -0.25) is 0 Å². The molecule has 4 heteroatoms. The summed E-state index contributed by atoms with van der Waals surface area (Å²) in [6.45, 7) is 9.65. The Balaban J connectivity index is 2.81. The molecular weight excluding hydrogens is 218 g/mol. The second-order valence-electron chi connectivity index (χ2n) is 4.52. The van der Waals surface area contributed by atoms with E-state index in [1.54, 1.807) is 0 Å². The van der Waals surface area contributed by atoms with Crippen molar-refractivity contribution in [2.45, 2.75) is 47.1 Å². The van der Waals surface area contributed by atoms with E-state index in [2.05, 4.69) is 55.1 Å². The van der Waals surface area contributed by atoms with Crippen molar-refractivity contribution < 1.29 is 0 Å². The summed E-state index contributed by atoms with van der Waals surface area (Å²) in [5, 5.41) is 4.54. The van der Waals surface area contributed by atoms with Gasteiger partial charge in [-0.05, 0) is 17.6 Å². The Morgan fingerprint density at radius 1 is 1.25 bits per heavy atom. The highest BCUT2D eigenvalue weighted by molar-refractivity contribution is 7.80. The summed E-state index contributed by atoms with van der Waals surface area (Å²) in [5.74, 6) is 4.17. The summed E-state index contributed by atoms with van der Waals surface area (Å²) in [6, 6.07) is 0. The van der Waals surface area contributed by atoms with Crippen molar-refractivity contribution in [2.75, 3.05) is 5.75 Å². The van der Waals surface area contributed by atoms with Crippen LogP contribution in [0.25, 0.3) is 0 Å². The Morgan fingerprint density at radius 2 is 1.94 bits per heavy atom. The van der Waals surface area contributed by atoms with Gasteiger partial charge in [-0.15, -0.1) is 0 Å². The van der Waals surface area contributed by atoms with Gasteiger partial charge >= 0.3 is 0 Å². The highest BCUT2D eigenvalue weighted by atomic mass is 32.1. The van der Waals surface area contributed by atoms with Crippen LogP contribution in [0.15, 0.2) is 0 Å². The fraction of sp³-hybridized carbons (Fsp3) is 0.833. The third-order valence-electron chi connectivity index (χ3n) is 3.01. The Labute approximate surface area is 104 Å². The molecule has 16 heavy (non-hydrogen) atoms. The van der Waals surface area contributed by atoms with Gasteiger partial charge in [0.25, 0.3) is 0 Å². The molecule has 92 valence electrons.